The fourth-order valence-corrected chi connectivity index (χ4v) is 1.77. The average Bonchev–Trinajstić information content (AvgIpc) is 2.38. The molecule has 0 bridgehead atoms. The molecule has 3 nitrogen and oxygen atoms in total. The molecule has 0 heterocycles. The van der Waals surface area contributed by atoms with Gasteiger partial charge in [-0.05, 0) is 24.1 Å². The molecule has 0 aliphatic rings. The predicted molar refractivity (Wildman–Crippen MR) is 76.1 cm³/mol. The molecular weight excluding hydrogens is 250 g/mol. The molecule has 0 amide bonds. The van der Waals surface area contributed by atoms with Crippen LogP contribution in [0.2, 0.25) is 0 Å². The van der Waals surface area contributed by atoms with Gasteiger partial charge in [-0.25, -0.2) is 4.79 Å². The van der Waals surface area contributed by atoms with Gasteiger partial charge in [0.05, 0.1) is 12.7 Å². The second kappa shape index (κ2) is 8.95. The van der Waals surface area contributed by atoms with Crippen LogP contribution in [-0.4, -0.2) is 13.1 Å². The van der Waals surface area contributed by atoms with E-state index in [1.165, 1.54) is 20.0 Å². The summed E-state index contributed by atoms with van der Waals surface area (Å²) in [7, 11) is 1.38. The molecule has 0 aromatic heterocycles. The standard InChI is InChI=1S/C14H21NO2.ClH/c1-3-4-5-6-13(15)11-7-9-12(10-8-11)14(16)17-2;/h7-10,13H,3-6,15H2,1-2H3;1H/t13-;/m0./s1. The lowest BCUT2D eigenvalue weighted by molar-refractivity contribution is 0.0600. The molecule has 1 aromatic carbocycles. The Morgan fingerprint density at radius 3 is 2.39 bits per heavy atom. The third-order valence-electron chi connectivity index (χ3n) is 2.88. The van der Waals surface area contributed by atoms with Gasteiger partial charge in [0.2, 0.25) is 0 Å². The number of benzene rings is 1. The van der Waals surface area contributed by atoms with Crippen molar-refractivity contribution in [1.29, 1.82) is 0 Å². The Morgan fingerprint density at radius 2 is 1.89 bits per heavy atom. The van der Waals surface area contributed by atoms with E-state index in [-0.39, 0.29) is 24.4 Å². The molecule has 0 fully saturated rings. The number of rotatable bonds is 6. The van der Waals surface area contributed by atoms with Crippen molar-refractivity contribution in [3.05, 3.63) is 35.4 Å². The largest absolute Gasteiger partial charge is 0.465 e. The summed E-state index contributed by atoms with van der Waals surface area (Å²) in [5.74, 6) is -0.309. The van der Waals surface area contributed by atoms with Gasteiger partial charge in [-0.15, -0.1) is 12.4 Å². The van der Waals surface area contributed by atoms with Crippen LogP contribution in [0.5, 0.6) is 0 Å². The topological polar surface area (TPSA) is 52.3 Å². The van der Waals surface area contributed by atoms with Crippen molar-refractivity contribution in [2.45, 2.75) is 38.6 Å². The second-order valence-corrected chi connectivity index (χ2v) is 4.22. The molecule has 1 rings (SSSR count). The van der Waals surface area contributed by atoms with Gasteiger partial charge in [0.15, 0.2) is 0 Å². The lowest BCUT2D eigenvalue weighted by atomic mass is 10.0. The van der Waals surface area contributed by atoms with Crippen LogP contribution in [0.25, 0.3) is 0 Å². The molecule has 0 aliphatic carbocycles. The summed E-state index contributed by atoms with van der Waals surface area (Å²) in [6.45, 7) is 2.18. The summed E-state index contributed by atoms with van der Waals surface area (Å²) in [5.41, 5.74) is 7.72. The highest BCUT2D eigenvalue weighted by Crippen LogP contribution is 2.18. The number of ether oxygens (including phenoxy) is 1. The summed E-state index contributed by atoms with van der Waals surface area (Å²) >= 11 is 0. The zero-order valence-corrected chi connectivity index (χ0v) is 11.8. The van der Waals surface area contributed by atoms with Crippen molar-refractivity contribution in [2.75, 3.05) is 7.11 Å². The highest BCUT2D eigenvalue weighted by atomic mass is 35.5. The third kappa shape index (κ3) is 5.07. The summed E-state index contributed by atoms with van der Waals surface area (Å²) in [5, 5.41) is 0. The van der Waals surface area contributed by atoms with Crippen LogP contribution in [0.1, 0.15) is 54.6 Å². The molecule has 0 saturated carbocycles. The molecular formula is C14H22ClNO2. The van der Waals surface area contributed by atoms with Gasteiger partial charge >= 0.3 is 5.97 Å². The van der Waals surface area contributed by atoms with Gasteiger partial charge in [0.25, 0.3) is 0 Å². The van der Waals surface area contributed by atoms with Gasteiger partial charge in [-0.3, -0.25) is 0 Å². The van der Waals surface area contributed by atoms with E-state index in [0.29, 0.717) is 5.56 Å². The number of nitrogens with two attached hydrogens (primary N) is 1. The quantitative estimate of drug-likeness (QED) is 0.637. The summed E-state index contributed by atoms with van der Waals surface area (Å²) in [4.78, 5) is 11.3. The van der Waals surface area contributed by atoms with Crippen molar-refractivity contribution in [2.24, 2.45) is 5.73 Å². The smallest absolute Gasteiger partial charge is 0.337 e. The predicted octanol–water partition coefficient (Wildman–Crippen LogP) is 3.48. The number of methoxy groups -OCH3 is 1. The zero-order chi connectivity index (χ0) is 12.7. The summed E-state index contributed by atoms with van der Waals surface area (Å²) < 4.78 is 4.65. The van der Waals surface area contributed by atoms with Gasteiger partial charge < -0.3 is 10.5 Å². The van der Waals surface area contributed by atoms with E-state index in [2.05, 4.69) is 11.7 Å². The molecule has 0 saturated heterocycles. The highest BCUT2D eigenvalue weighted by molar-refractivity contribution is 5.89. The van der Waals surface area contributed by atoms with E-state index in [4.69, 9.17) is 5.73 Å². The summed E-state index contributed by atoms with van der Waals surface area (Å²) in [6.07, 6.45) is 4.56. The minimum atomic E-state index is -0.309. The molecule has 1 atom stereocenters. The Bertz CT molecular complexity index is 351. The fourth-order valence-electron chi connectivity index (χ4n) is 1.77. The Hall–Kier alpha value is -1.06. The van der Waals surface area contributed by atoms with E-state index < -0.39 is 0 Å². The van der Waals surface area contributed by atoms with Crippen molar-refractivity contribution in [3.8, 4) is 0 Å². The van der Waals surface area contributed by atoms with E-state index in [0.717, 1.165) is 18.4 Å². The zero-order valence-electron chi connectivity index (χ0n) is 11.0. The van der Waals surface area contributed by atoms with E-state index in [9.17, 15) is 4.79 Å². The highest BCUT2D eigenvalue weighted by Gasteiger charge is 2.08. The molecule has 4 heteroatoms. The van der Waals surface area contributed by atoms with E-state index >= 15 is 0 Å². The lowest BCUT2D eigenvalue weighted by Gasteiger charge is -2.12. The molecule has 2 N–H and O–H groups in total. The Balaban J connectivity index is 0.00000289. The number of unbranched alkanes of at least 4 members (excludes halogenated alkanes) is 2. The van der Waals surface area contributed by atoms with Crippen LogP contribution in [0.4, 0.5) is 0 Å². The molecule has 18 heavy (non-hydrogen) atoms. The maximum Gasteiger partial charge on any atom is 0.337 e. The number of carbonyl (C=O) groups excluding carboxylic acids is 1. The lowest BCUT2D eigenvalue weighted by Crippen LogP contribution is -2.10. The Morgan fingerprint density at radius 1 is 1.28 bits per heavy atom. The van der Waals surface area contributed by atoms with E-state index in [1.54, 1.807) is 12.1 Å². The maximum atomic E-state index is 11.3. The summed E-state index contributed by atoms with van der Waals surface area (Å²) in [6, 6.07) is 7.40. The monoisotopic (exact) mass is 271 g/mol. The van der Waals surface area contributed by atoms with E-state index in [1.807, 2.05) is 12.1 Å². The first-order valence-electron chi connectivity index (χ1n) is 6.13. The molecule has 0 aliphatic heterocycles. The van der Waals surface area contributed by atoms with Gasteiger partial charge in [0, 0.05) is 6.04 Å². The minimum absolute atomic E-state index is 0. The molecule has 0 unspecified atom stereocenters. The van der Waals surface area contributed by atoms with Crippen molar-refractivity contribution in [1.82, 2.24) is 0 Å². The molecule has 102 valence electrons. The fraction of sp³-hybridized carbons (Fsp3) is 0.500. The van der Waals surface area contributed by atoms with Gasteiger partial charge in [0.1, 0.15) is 0 Å². The van der Waals surface area contributed by atoms with Crippen molar-refractivity contribution >= 4 is 18.4 Å². The van der Waals surface area contributed by atoms with Crippen LogP contribution < -0.4 is 5.73 Å². The number of carbonyl (C=O) groups is 1. The van der Waals surface area contributed by atoms with Crippen molar-refractivity contribution in [3.63, 3.8) is 0 Å². The first-order chi connectivity index (χ1) is 8.19. The molecule has 0 radical (unpaired) electrons. The van der Waals surface area contributed by atoms with Gasteiger partial charge in [-0.2, -0.15) is 0 Å². The number of esters is 1. The number of halogens is 1. The average molecular weight is 272 g/mol. The Kier molecular flexibility index (Phi) is 8.42. The maximum absolute atomic E-state index is 11.3. The number of hydrogen-bond donors (Lipinski definition) is 1. The van der Waals surface area contributed by atoms with Gasteiger partial charge in [-0.1, -0.05) is 38.3 Å². The van der Waals surface area contributed by atoms with Crippen LogP contribution >= 0.6 is 12.4 Å². The number of hydrogen-bond acceptors (Lipinski definition) is 3. The minimum Gasteiger partial charge on any atom is -0.465 e. The van der Waals surface area contributed by atoms with Crippen LogP contribution in [0, 0.1) is 0 Å². The molecule has 0 spiro atoms. The SMILES string of the molecule is CCCCC[C@H](N)c1ccc(C(=O)OC)cc1.Cl. The second-order valence-electron chi connectivity index (χ2n) is 4.22. The Labute approximate surface area is 115 Å². The first kappa shape index (κ1) is 16.9. The normalized spacial score (nSPS) is 11.5. The van der Waals surface area contributed by atoms with Crippen LogP contribution in [0.3, 0.4) is 0 Å². The van der Waals surface area contributed by atoms with Crippen LogP contribution in [0.15, 0.2) is 24.3 Å². The first-order valence-corrected chi connectivity index (χ1v) is 6.13. The van der Waals surface area contributed by atoms with Crippen LogP contribution in [-0.2, 0) is 4.74 Å². The van der Waals surface area contributed by atoms with Crippen molar-refractivity contribution < 1.29 is 9.53 Å². The molecule has 1 aromatic rings. The third-order valence-corrected chi connectivity index (χ3v) is 2.88.